The number of unbranched alkanes of at least 4 members (excludes halogenated alkanes) is 10. The van der Waals surface area contributed by atoms with Crippen molar-refractivity contribution in [3.63, 3.8) is 0 Å². The molecule has 0 aliphatic carbocycles. The Bertz CT molecular complexity index is 1230. The number of carboxylic acids is 1. The van der Waals surface area contributed by atoms with Crippen molar-refractivity contribution in [1.29, 1.82) is 0 Å². The second kappa shape index (κ2) is 36.5. The van der Waals surface area contributed by atoms with Gasteiger partial charge in [-0.3, -0.25) is 23.4 Å². The van der Waals surface area contributed by atoms with Crippen LogP contribution in [0.2, 0.25) is 0 Å². The number of nitrogens with two attached hydrogens (primary N) is 1. The van der Waals surface area contributed by atoms with Crippen LogP contribution in [0.4, 0.5) is 0 Å². The molecule has 0 amide bonds. The van der Waals surface area contributed by atoms with Crippen LogP contribution in [0.25, 0.3) is 0 Å². The van der Waals surface area contributed by atoms with Crippen molar-refractivity contribution in [2.24, 2.45) is 5.73 Å². The highest BCUT2D eigenvalue weighted by molar-refractivity contribution is 7.47. The minimum Gasteiger partial charge on any atom is -0.480 e. The Kier molecular flexibility index (Phi) is 34.4. The Morgan fingerprint density at radius 3 is 1.93 bits per heavy atom. The number of hydrogen-bond donors (Lipinski definition) is 4. The zero-order valence-corrected chi connectivity index (χ0v) is 34.2. The van der Waals surface area contributed by atoms with Gasteiger partial charge < -0.3 is 30.3 Å². The van der Waals surface area contributed by atoms with Crippen molar-refractivity contribution >= 4 is 25.7 Å². The largest absolute Gasteiger partial charge is 0.480 e. The lowest BCUT2D eigenvalue weighted by Gasteiger charge is -2.20. The van der Waals surface area contributed by atoms with E-state index in [1.807, 2.05) is 49.5 Å². The van der Waals surface area contributed by atoms with Crippen molar-refractivity contribution in [3.8, 4) is 0 Å². The average Bonchev–Trinajstić information content (AvgIpc) is 3.15. The number of allylic oxidation sites excluding steroid dienone is 10. The number of ether oxygens (including phenoxy) is 2. The number of phosphoric acid groups is 1. The maximum atomic E-state index is 12.6. The van der Waals surface area contributed by atoms with Crippen molar-refractivity contribution in [1.82, 2.24) is 0 Å². The van der Waals surface area contributed by atoms with Gasteiger partial charge in [-0.1, -0.05) is 125 Å². The molecule has 12 nitrogen and oxygen atoms in total. The summed E-state index contributed by atoms with van der Waals surface area (Å²) in [5, 5.41) is 18.6. The molecule has 0 spiro atoms. The molecule has 0 aromatic rings. The van der Waals surface area contributed by atoms with Crippen molar-refractivity contribution in [3.05, 3.63) is 72.9 Å². The molecule has 314 valence electrons. The lowest BCUT2D eigenvalue weighted by atomic mass is 10.1. The summed E-state index contributed by atoms with van der Waals surface area (Å²) in [6, 6.07) is -1.54. The summed E-state index contributed by atoms with van der Waals surface area (Å²) < 4.78 is 32.5. The minimum atomic E-state index is -4.74. The van der Waals surface area contributed by atoms with Gasteiger partial charge in [0.15, 0.2) is 6.10 Å². The van der Waals surface area contributed by atoms with E-state index in [0.29, 0.717) is 25.7 Å². The number of esters is 2. The van der Waals surface area contributed by atoms with Crippen LogP contribution in [0, 0.1) is 0 Å². The van der Waals surface area contributed by atoms with Gasteiger partial charge in [-0.2, -0.15) is 0 Å². The Hall–Kier alpha value is -3.12. The molecule has 0 fully saturated rings. The zero-order valence-electron chi connectivity index (χ0n) is 33.3. The third-order valence-electron chi connectivity index (χ3n) is 8.01. The van der Waals surface area contributed by atoms with Crippen molar-refractivity contribution in [2.75, 3.05) is 19.8 Å². The Morgan fingerprint density at radius 1 is 0.673 bits per heavy atom. The number of aliphatic carboxylic acids is 1. The van der Waals surface area contributed by atoms with Crippen molar-refractivity contribution < 1.29 is 52.6 Å². The van der Waals surface area contributed by atoms with Crippen LogP contribution in [0.3, 0.4) is 0 Å². The highest BCUT2D eigenvalue weighted by Gasteiger charge is 2.28. The third-order valence-corrected chi connectivity index (χ3v) is 8.96. The molecule has 0 radical (unpaired) electrons. The number of rotatable bonds is 36. The highest BCUT2D eigenvalue weighted by Crippen LogP contribution is 2.43. The van der Waals surface area contributed by atoms with Gasteiger partial charge in [0.1, 0.15) is 12.6 Å². The van der Waals surface area contributed by atoms with Gasteiger partial charge in [0.25, 0.3) is 0 Å². The van der Waals surface area contributed by atoms with Crippen molar-refractivity contribution in [2.45, 2.75) is 154 Å². The molecule has 2 unspecified atom stereocenters. The molecule has 4 atom stereocenters. The van der Waals surface area contributed by atoms with Crippen LogP contribution < -0.4 is 5.73 Å². The first-order chi connectivity index (χ1) is 26.5. The number of aliphatic hydroxyl groups excluding tert-OH is 1. The van der Waals surface area contributed by atoms with E-state index >= 15 is 0 Å². The summed E-state index contributed by atoms with van der Waals surface area (Å²) in [5.41, 5.74) is 5.31. The minimum absolute atomic E-state index is 0.120. The molecular weight excluding hydrogens is 725 g/mol. The number of hydrogen-bond acceptors (Lipinski definition) is 10. The second-order valence-corrected chi connectivity index (χ2v) is 14.7. The monoisotopic (exact) mass is 795 g/mol. The number of carbonyl (C=O) groups is 3. The quantitative estimate of drug-likeness (QED) is 0.0155. The maximum Gasteiger partial charge on any atom is 0.472 e. The summed E-state index contributed by atoms with van der Waals surface area (Å²) >= 11 is 0. The summed E-state index contributed by atoms with van der Waals surface area (Å²) in [7, 11) is -4.74. The fourth-order valence-electron chi connectivity index (χ4n) is 4.82. The highest BCUT2D eigenvalue weighted by atomic mass is 31.2. The number of carboxylic acid groups (broad SMARTS) is 1. The maximum absolute atomic E-state index is 12.6. The molecule has 0 rings (SSSR count). The van der Waals surface area contributed by atoms with Gasteiger partial charge in [0.05, 0.1) is 19.3 Å². The van der Waals surface area contributed by atoms with E-state index in [9.17, 15) is 28.9 Å². The van der Waals surface area contributed by atoms with Gasteiger partial charge in [-0.25, -0.2) is 4.57 Å². The molecule has 0 aromatic carbocycles. The van der Waals surface area contributed by atoms with E-state index in [-0.39, 0.29) is 12.8 Å². The first-order valence-electron chi connectivity index (χ1n) is 20.1. The fraction of sp³-hybridized carbons (Fsp3) is 0.643. The molecule has 55 heavy (non-hydrogen) atoms. The zero-order chi connectivity index (χ0) is 40.8. The van der Waals surface area contributed by atoms with Gasteiger partial charge in [0.2, 0.25) is 0 Å². The summed E-state index contributed by atoms with van der Waals surface area (Å²) in [4.78, 5) is 45.8. The molecule has 0 saturated heterocycles. The number of carbonyl (C=O) groups excluding carboxylic acids is 2. The smallest absolute Gasteiger partial charge is 0.472 e. The predicted octanol–water partition coefficient (Wildman–Crippen LogP) is 9.14. The Labute approximate surface area is 330 Å². The fourth-order valence-corrected chi connectivity index (χ4v) is 5.60. The van der Waals surface area contributed by atoms with Crippen LogP contribution in [0.15, 0.2) is 72.9 Å². The molecular formula is C42H70NO11P. The molecule has 5 N–H and O–H groups in total. The summed E-state index contributed by atoms with van der Waals surface area (Å²) in [6.45, 7) is 2.45. The Balaban J connectivity index is 4.56. The first kappa shape index (κ1) is 51.9. The van der Waals surface area contributed by atoms with Crippen LogP contribution in [-0.4, -0.2) is 71.1 Å². The van der Waals surface area contributed by atoms with E-state index in [1.165, 1.54) is 25.7 Å². The van der Waals surface area contributed by atoms with Gasteiger partial charge in [-0.15, -0.1) is 0 Å². The topological polar surface area (TPSA) is 192 Å². The lowest BCUT2D eigenvalue weighted by Crippen LogP contribution is -2.34. The first-order valence-corrected chi connectivity index (χ1v) is 21.6. The van der Waals surface area contributed by atoms with E-state index < -0.39 is 63.8 Å². The van der Waals surface area contributed by atoms with E-state index in [2.05, 4.69) is 35.8 Å². The Morgan fingerprint density at radius 2 is 1.24 bits per heavy atom. The van der Waals surface area contributed by atoms with Gasteiger partial charge >= 0.3 is 25.7 Å². The molecule has 13 heteroatoms. The third kappa shape index (κ3) is 36.3. The lowest BCUT2D eigenvalue weighted by molar-refractivity contribution is -0.161. The van der Waals surface area contributed by atoms with Gasteiger partial charge in [-0.05, 0) is 70.6 Å². The van der Waals surface area contributed by atoms with E-state index in [1.54, 1.807) is 6.08 Å². The molecule has 0 aliphatic heterocycles. The van der Waals surface area contributed by atoms with Crippen LogP contribution in [0.5, 0.6) is 0 Å². The summed E-state index contributed by atoms with van der Waals surface area (Å²) in [6.07, 6.45) is 38.9. The summed E-state index contributed by atoms with van der Waals surface area (Å²) in [5.74, 6) is -2.51. The SMILES string of the molecule is CC/C=C\C(O)C/C=C/C=C\C/C=C\C/C=C\CCCC(=O)OC[C@H](COP(=O)(O)OC[C@H](N)C(=O)O)OC(=O)CCCCCCC/C=C\CCCCCC. The molecule has 0 heterocycles. The normalized spacial score (nSPS) is 15.1. The predicted molar refractivity (Wildman–Crippen MR) is 218 cm³/mol. The standard InChI is InChI=1S/C42H70NO11P/c1-3-5-7-8-9-10-11-12-17-20-23-26-29-33-41(46)54-38(35-52-55(49,50)53-36-39(43)42(47)48)34-51-40(45)32-28-25-22-19-16-14-13-15-18-21-24-27-31-37(44)30-6-4-2/h6,10-11,13-14,18-19,21-22,24,27,30,37-39,44H,3-5,7-9,12,15-17,20,23,25-26,28-29,31-36,43H2,1-2H3,(H,47,48)(H,49,50)/b11-10-,14-13-,21-18-,22-19-,27-24+,30-6-/t37?,38-,39+/m1/s1. The molecule has 0 bridgehead atoms. The number of phosphoric ester groups is 1. The second-order valence-electron chi connectivity index (χ2n) is 13.2. The van der Waals surface area contributed by atoms with E-state index in [0.717, 1.165) is 57.8 Å². The number of aliphatic hydroxyl groups is 1. The molecule has 0 saturated carbocycles. The molecule has 0 aromatic heterocycles. The average molecular weight is 796 g/mol. The van der Waals surface area contributed by atoms with Crippen LogP contribution in [0.1, 0.15) is 136 Å². The van der Waals surface area contributed by atoms with Crippen LogP contribution in [-0.2, 0) is 37.5 Å². The van der Waals surface area contributed by atoms with Crippen LogP contribution >= 0.6 is 7.82 Å². The van der Waals surface area contributed by atoms with E-state index in [4.69, 9.17) is 24.8 Å². The molecule has 0 aliphatic rings. The van der Waals surface area contributed by atoms with Gasteiger partial charge in [0, 0.05) is 12.8 Å².